The third-order valence-electron chi connectivity index (χ3n) is 4.99. The van der Waals surface area contributed by atoms with E-state index in [1.807, 2.05) is 0 Å². The molecule has 0 bridgehead atoms. The molecule has 4 nitrogen and oxygen atoms in total. The monoisotopic (exact) mass is 406 g/mol. The van der Waals surface area contributed by atoms with E-state index in [1.165, 1.54) is 17.2 Å². The van der Waals surface area contributed by atoms with E-state index in [1.54, 1.807) is 22.5 Å². The fraction of sp³-hybridized carbons (Fsp3) is 0.429. The zero-order valence-corrected chi connectivity index (χ0v) is 17.7. The van der Waals surface area contributed by atoms with Gasteiger partial charge in [0.2, 0.25) is 10.0 Å². The highest BCUT2D eigenvalue weighted by Crippen LogP contribution is 2.24. The van der Waals surface area contributed by atoms with Gasteiger partial charge in [-0.15, -0.1) is 0 Å². The number of hydrogen-bond donors (Lipinski definition) is 0. The first-order chi connectivity index (χ1) is 12.7. The van der Waals surface area contributed by atoms with E-state index in [-0.39, 0.29) is 10.3 Å². The Bertz CT molecular complexity index is 881. The van der Waals surface area contributed by atoms with Crippen LogP contribution in [0.4, 0.5) is 0 Å². The molecule has 0 amide bonds. The van der Waals surface area contributed by atoms with Gasteiger partial charge in [-0.25, -0.2) is 8.42 Å². The molecule has 0 aromatic heterocycles. The minimum Gasteiger partial charge on any atom is -0.296 e. The van der Waals surface area contributed by atoms with E-state index in [0.717, 1.165) is 19.6 Å². The molecule has 1 aliphatic rings. The molecule has 1 saturated heterocycles. The maximum atomic E-state index is 12.8. The van der Waals surface area contributed by atoms with Crippen molar-refractivity contribution in [3.8, 4) is 0 Å². The van der Waals surface area contributed by atoms with Crippen LogP contribution >= 0.6 is 11.6 Å². The summed E-state index contributed by atoms with van der Waals surface area (Å²) >= 11 is 5.95. The Kier molecular flexibility index (Phi) is 5.96. The Balaban J connectivity index is 1.60. The van der Waals surface area contributed by atoms with Crippen molar-refractivity contribution in [3.05, 3.63) is 64.7 Å². The second kappa shape index (κ2) is 7.92. The predicted octanol–water partition coefficient (Wildman–Crippen LogP) is 4.14. The second-order valence-corrected chi connectivity index (χ2v) is 10.5. The van der Waals surface area contributed by atoms with Crippen molar-refractivity contribution in [2.75, 3.05) is 26.2 Å². The highest BCUT2D eigenvalue weighted by atomic mass is 35.5. The van der Waals surface area contributed by atoms with Crippen molar-refractivity contribution < 1.29 is 8.42 Å². The van der Waals surface area contributed by atoms with Crippen LogP contribution in [-0.4, -0.2) is 43.8 Å². The minimum absolute atomic E-state index is 0.152. The molecule has 146 valence electrons. The van der Waals surface area contributed by atoms with Crippen LogP contribution in [0.5, 0.6) is 0 Å². The van der Waals surface area contributed by atoms with Gasteiger partial charge in [0.25, 0.3) is 0 Å². The lowest BCUT2D eigenvalue weighted by atomic mass is 9.87. The number of hydrogen-bond acceptors (Lipinski definition) is 3. The highest BCUT2D eigenvalue weighted by molar-refractivity contribution is 7.89. The summed E-state index contributed by atoms with van der Waals surface area (Å²) < 4.78 is 27.1. The van der Waals surface area contributed by atoms with Crippen LogP contribution < -0.4 is 0 Å². The van der Waals surface area contributed by atoms with Gasteiger partial charge in [0.15, 0.2) is 0 Å². The summed E-state index contributed by atoms with van der Waals surface area (Å²) in [7, 11) is -3.48. The van der Waals surface area contributed by atoms with Crippen molar-refractivity contribution in [1.29, 1.82) is 0 Å². The van der Waals surface area contributed by atoms with Gasteiger partial charge in [-0.2, -0.15) is 4.31 Å². The molecular weight excluding hydrogens is 380 g/mol. The van der Waals surface area contributed by atoms with E-state index in [2.05, 4.69) is 49.9 Å². The summed E-state index contributed by atoms with van der Waals surface area (Å²) in [5.41, 5.74) is 2.73. The molecule has 0 atom stereocenters. The molecular formula is C21H27ClN2O2S. The Labute approximate surface area is 167 Å². The van der Waals surface area contributed by atoms with Gasteiger partial charge in [-0.3, -0.25) is 4.90 Å². The lowest BCUT2D eigenvalue weighted by molar-refractivity contribution is 0.181. The zero-order chi connectivity index (χ0) is 19.7. The van der Waals surface area contributed by atoms with Gasteiger partial charge < -0.3 is 0 Å². The minimum atomic E-state index is -3.48. The van der Waals surface area contributed by atoms with E-state index in [4.69, 9.17) is 11.6 Å². The van der Waals surface area contributed by atoms with Gasteiger partial charge in [-0.05, 0) is 34.7 Å². The van der Waals surface area contributed by atoms with Crippen LogP contribution in [0.25, 0.3) is 0 Å². The van der Waals surface area contributed by atoms with Gasteiger partial charge >= 0.3 is 0 Å². The quantitative estimate of drug-likeness (QED) is 0.765. The maximum absolute atomic E-state index is 12.8. The van der Waals surface area contributed by atoms with Crippen LogP contribution in [0.15, 0.2) is 53.4 Å². The third-order valence-corrected chi connectivity index (χ3v) is 7.12. The molecule has 0 aliphatic carbocycles. The largest absolute Gasteiger partial charge is 0.296 e. The average molecular weight is 407 g/mol. The van der Waals surface area contributed by atoms with Crippen molar-refractivity contribution in [3.63, 3.8) is 0 Å². The molecule has 1 fully saturated rings. The Morgan fingerprint density at radius 2 is 1.59 bits per heavy atom. The van der Waals surface area contributed by atoms with Gasteiger partial charge in [0, 0.05) is 37.7 Å². The summed E-state index contributed by atoms with van der Waals surface area (Å²) in [5, 5.41) is 0.438. The molecule has 3 rings (SSSR count). The van der Waals surface area contributed by atoms with E-state index < -0.39 is 10.0 Å². The number of rotatable bonds is 4. The first kappa shape index (κ1) is 20.3. The Morgan fingerprint density at radius 1 is 0.963 bits per heavy atom. The number of halogens is 1. The average Bonchev–Trinajstić information content (AvgIpc) is 2.62. The van der Waals surface area contributed by atoms with E-state index >= 15 is 0 Å². The summed E-state index contributed by atoms with van der Waals surface area (Å²) in [4.78, 5) is 2.57. The van der Waals surface area contributed by atoms with Gasteiger partial charge in [-0.1, -0.05) is 62.7 Å². The normalized spacial score (nSPS) is 17.2. The molecule has 1 heterocycles. The lowest BCUT2D eigenvalue weighted by Crippen LogP contribution is -2.48. The van der Waals surface area contributed by atoms with Crippen molar-refractivity contribution in [1.82, 2.24) is 9.21 Å². The van der Waals surface area contributed by atoms with Crippen molar-refractivity contribution >= 4 is 21.6 Å². The Hall–Kier alpha value is -1.40. The van der Waals surface area contributed by atoms with Crippen molar-refractivity contribution in [2.45, 2.75) is 37.6 Å². The third kappa shape index (κ3) is 4.91. The molecule has 2 aromatic rings. The number of benzene rings is 2. The molecule has 1 aliphatic heterocycles. The number of piperazine rings is 1. The highest BCUT2D eigenvalue weighted by Gasteiger charge is 2.28. The Morgan fingerprint density at radius 3 is 2.15 bits per heavy atom. The number of nitrogens with zero attached hydrogens (tertiary/aromatic N) is 2. The van der Waals surface area contributed by atoms with Crippen LogP contribution in [0, 0.1) is 0 Å². The second-order valence-electron chi connectivity index (χ2n) is 8.08. The van der Waals surface area contributed by atoms with E-state index in [9.17, 15) is 8.42 Å². The molecule has 0 N–H and O–H groups in total. The van der Waals surface area contributed by atoms with Gasteiger partial charge in [0.1, 0.15) is 0 Å². The van der Waals surface area contributed by atoms with Crippen LogP contribution in [-0.2, 0) is 22.0 Å². The summed E-state index contributed by atoms with van der Waals surface area (Å²) in [6.07, 6.45) is 0. The maximum Gasteiger partial charge on any atom is 0.243 e. The predicted molar refractivity (Wildman–Crippen MR) is 111 cm³/mol. The SMILES string of the molecule is CC(C)(C)c1ccc(CN2CCN(S(=O)(=O)c3cccc(Cl)c3)CC2)cc1. The van der Waals surface area contributed by atoms with Crippen LogP contribution in [0.3, 0.4) is 0 Å². The first-order valence-electron chi connectivity index (χ1n) is 9.24. The summed E-state index contributed by atoms with van der Waals surface area (Å²) in [6.45, 7) is 9.91. The summed E-state index contributed by atoms with van der Waals surface area (Å²) in [6, 6.07) is 15.2. The molecule has 2 aromatic carbocycles. The topological polar surface area (TPSA) is 40.6 Å². The summed E-state index contributed by atoms with van der Waals surface area (Å²) in [5.74, 6) is 0. The molecule has 0 radical (unpaired) electrons. The standard InChI is InChI=1S/C21H27ClN2O2S/c1-21(2,3)18-9-7-17(8-10-18)16-23-11-13-24(14-12-23)27(25,26)20-6-4-5-19(22)15-20/h4-10,15H,11-14,16H2,1-3H3. The fourth-order valence-electron chi connectivity index (χ4n) is 3.27. The van der Waals surface area contributed by atoms with Crippen LogP contribution in [0.1, 0.15) is 31.9 Å². The molecule has 0 spiro atoms. The zero-order valence-electron chi connectivity index (χ0n) is 16.2. The van der Waals surface area contributed by atoms with Crippen LogP contribution in [0.2, 0.25) is 5.02 Å². The van der Waals surface area contributed by atoms with Gasteiger partial charge in [0.05, 0.1) is 4.90 Å². The molecule has 27 heavy (non-hydrogen) atoms. The smallest absolute Gasteiger partial charge is 0.243 e. The lowest BCUT2D eigenvalue weighted by Gasteiger charge is -2.34. The van der Waals surface area contributed by atoms with E-state index in [0.29, 0.717) is 18.1 Å². The first-order valence-corrected chi connectivity index (χ1v) is 11.1. The number of sulfonamides is 1. The molecule has 0 unspecified atom stereocenters. The molecule has 0 saturated carbocycles. The molecule has 6 heteroatoms. The fourth-order valence-corrected chi connectivity index (χ4v) is 5.00. The van der Waals surface area contributed by atoms with Crippen molar-refractivity contribution in [2.24, 2.45) is 0 Å².